The second-order valence-corrected chi connectivity index (χ2v) is 4.13. The van der Waals surface area contributed by atoms with Crippen molar-refractivity contribution in [1.82, 2.24) is 4.57 Å². The van der Waals surface area contributed by atoms with Crippen molar-refractivity contribution in [2.75, 3.05) is 0 Å². The number of nitrogens with zero attached hydrogens (tertiary/aromatic N) is 1. The van der Waals surface area contributed by atoms with Crippen LogP contribution in [0.1, 0.15) is 11.3 Å². The summed E-state index contributed by atoms with van der Waals surface area (Å²) in [6.07, 6.45) is 1.71. The molecule has 1 aromatic heterocycles. The van der Waals surface area contributed by atoms with E-state index in [4.69, 9.17) is 0 Å². The summed E-state index contributed by atoms with van der Waals surface area (Å²) in [4.78, 5) is 11.6. The fourth-order valence-electron chi connectivity index (χ4n) is 1.70. The average molecular weight is 249 g/mol. The van der Waals surface area contributed by atoms with Crippen LogP contribution in [0, 0.1) is 12.7 Å². The molecule has 0 atom stereocenters. The molecule has 0 amide bonds. The predicted octanol–water partition coefficient (Wildman–Crippen LogP) is 2.71. The van der Waals surface area contributed by atoms with E-state index in [0.717, 1.165) is 5.69 Å². The van der Waals surface area contributed by atoms with Gasteiger partial charge in [0.05, 0.1) is 0 Å². The number of halogens is 1. The van der Waals surface area contributed by atoms with Crippen LogP contribution in [-0.4, -0.2) is 4.57 Å². The lowest BCUT2D eigenvalue weighted by Crippen LogP contribution is -2.13. The molecule has 0 bridgehead atoms. The minimum atomic E-state index is -0.298. The van der Waals surface area contributed by atoms with Crippen molar-refractivity contribution in [2.45, 2.75) is 12.7 Å². The van der Waals surface area contributed by atoms with Gasteiger partial charge in [-0.1, -0.05) is 6.07 Å². The molecule has 0 aliphatic rings. The van der Waals surface area contributed by atoms with Crippen LogP contribution in [0.3, 0.4) is 0 Å². The fraction of sp³-hybridized carbons (Fsp3) is 0.154. The van der Waals surface area contributed by atoms with Crippen LogP contribution in [0.2, 0.25) is 0 Å². The molecule has 0 radical (unpaired) electrons. The van der Waals surface area contributed by atoms with Crippen LogP contribution in [-0.2, 0) is 5.75 Å². The summed E-state index contributed by atoms with van der Waals surface area (Å²) in [5.74, 6) is 0.0713. The SMILES string of the molecule is Cc1cc(=O)c(CS)cn1-c1cccc(F)c1. The number of rotatable bonds is 2. The normalized spacial score (nSPS) is 10.5. The first-order valence-electron chi connectivity index (χ1n) is 5.21. The summed E-state index contributed by atoms with van der Waals surface area (Å²) >= 11 is 4.11. The van der Waals surface area contributed by atoms with Crippen LogP contribution < -0.4 is 5.43 Å². The number of aromatic nitrogens is 1. The third-order valence-electron chi connectivity index (χ3n) is 2.58. The molecular formula is C13H12FNOS. The van der Waals surface area contributed by atoms with Gasteiger partial charge < -0.3 is 4.57 Å². The van der Waals surface area contributed by atoms with E-state index in [1.807, 2.05) is 6.92 Å². The van der Waals surface area contributed by atoms with E-state index in [1.54, 1.807) is 22.9 Å². The minimum absolute atomic E-state index is 0.0369. The summed E-state index contributed by atoms with van der Waals surface area (Å²) in [7, 11) is 0. The topological polar surface area (TPSA) is 22.0 Å². The summed E-state index contributed by atoms with van der Waals surface area (Å²) in [5, 5.41) is 0. The Bertz CT molecular complexity index is 607. The molecule has 88 valence electrons. The maximum Gasteiger partial charge on any atom is 0.185 e. The Kier molecular flexibility index (Phi) is 3.33. The monoisotopic (exact) mass is 249 g/mol. The quantitative estimate of drug-likeness (QED) is 0.812. The molecular weight excluding hydrogens is 237 g/mol. The van der Waals surface area contributed by atoms with Gasteiger partial charge >= 0.3 is 0 Å². The second-order valence-electron chi connectivity index (χ2n) is 3.81. The van der Waals surface area contributed by atoms with E-state index < -0.39 is 0 Å². The lowest BCUT2D eigenvalue weighted by molar-refractivity contribution is 0.626. The number of benzene rings is 1. The van der Waals surface area contributed by atoms with Gasteiger partial charge in [-0.25, -0.2) is 4.39 Å². The molecule has 0 unspecified atom stereocenters. The predicted molar refractivity (Wildman–Crippen MR) is 69.4 cm³/mol. The maximum absolute atomic E-state index is 13.2. The Morgan fingerprint density at radius 2 is 2.12 bits per heavy atom. The number of aryl methyl sites for hydroxylation is 1. The van der Waals surface area contributed by atoms with Crippen LogP contribution in [0.25, 0.3) is 5.69 Å². The van der Waals surface area contributed by atoms with Crippen LogP contribution in [0.5, 0.6) is 0 Å². The van der Waals surface area contributed by atoms with Crippen molar-refractivity contribution < 1.29 is 4.39 Å². The van der Waals surface area contributed by atoms with Gasteiger partial charge in [0, 0.05) is 35.0 Å². The Balaban J connectivity index is 2.63. The molecule has 1 aromatic carbocycles. The van der Waals surface area contributed by atoms with Crippen molar-refractivity contribution in [1.29, 1.82) is 0 Å². The highest BCUT2D eigenvalue weighted by Crippen LogP contribution is 2.13. The van der Waals surface area contributed by atoms with E-state index in [9.17, 15) is 9.18 Å². The number of hydrogen-bond donors (Lipinski definition) is 1. The van der Waals surface area contributed by atoms with Crippen LogP contribution in [0.15, 0.2) is 41.3 Å². The molecule has 0 spiro atoms. The van der Waals surface area contributed by atoms with Crippen molar-refractivity contribution in [3.05, 3.63) is 63.8 Å². The molecule has 0 N–H and O–H groups in total. The van der Waals surface area contributed by atoms with Gasteiger partial charge in [-0.3, -0.25) is 4.79 Å². The van der Waals surface area contributed by atoms with Crippen molar-refractivity contribution in [2.24, 2.45) is 0 Å². The summed E-state index contributed by atoms with van der Waals surface area (Å²) < 4.78 is 14.9. The Morgan fingerprint density at radius 1 is 1.35 bits per heavy atom. The molecule has 2 rings (SSSR count). The van der Waals surface area contributed by atoms with E-state index in [1.165, 1.54) is 18.2 Å². The molecule has 17 heavy (non-hydrogen) atoms. The third-order valence-corrected chi connectivity index (χ3v) is 2.92. The number of pyridine rings is 1. The fourth-order valence-corrected chi connectivity index (χ4v) is 1.93. The van der Waals surface area contributed by atoms with Crippen molar-refractivity contribution >= 4 is 12.6 Å². The number of thiol groups is 1. The lowest BCUT2D eigenvalue weighted by atomic mass is 10.2. The lowest BCUT2D eigenvalue weighted by Gasteiger charge is -2.12. The zero-order valence-electron chi connectivity index (χ0n) is 9.35. The van der Waals surface area contributed by atoms with Gasteiger partial charge in [0.25, 0.3) is 0 Å². The molecule has 4 heteroatoms. The molecule has 2 aromatic rings. The van der Waals surface area contributed by atoms with Crippen LogP contribution in [0.4, 0.5) is 4.39 Å². The zero-order valence-corrected chi connectivity index (χ0v) is 10.2. The molecule has 0 aliphatic carbocycles. The smallest absolute Gasteiger partial charge is 0.185 e. The molecule has 0 saturated carbocycles. The van der Waals surface area contributed by atoms with Gasteiger partial charge in [-0.05, 0) is 25.1 Å². The molecule has 1 heterocycles. The Labute approximate surface area is 104 Å². The van der Waals surface area contributed by atoms with Gasteiger partial charge in [0.2, 0.25) is 0 Å². The first kappa shape index (κ1) is 11.9. The number of hydrogen-bond acceptors (Lipinski definition) is 2. The summed E-state index contributed by atoms with van der Waals surface area (Å²) in [6.45, 7) is 1.81. The summed E-state index contributed by atoms with van der Waals surface area (Å²) in [6, 6.07) is 7.79. The molecule has 0 saturated heterocycles. The minimum Gasteiger partial charge on any atom is -0.321 e. The van der Waals surface area contributed by atoms with Crippen molar-refractivity contribution in [3.63, 3.8) is 0 Å². The van der Waals surface area contributed by atoms with E-state index in [2.05, 4.69) is 12.6 Å². The largest absolute Gasteiger partial charge is 0.321 e. The first-order valence-corrected chi connectivity index (χ1v) is 5.84. The second kappa shape index (κ2) is 4.75. The van der Waals surface area contributed by atoms with E-state index >= 15 is 0 Å². The van der Waals surface area contributed by atoms with Crippen molar-refractivity contribution in [3.8, 4) is 5.69 Å². The van der Waals surface area contributed by atoms with Gasteiger partial charge in [-0.2, -0.15) is 12.6 Å². The third kappa shape index (κ3) is 2.42. The molecule has 2 nitrogen and oxygen atoms in total. The van der Waals surface area contributed by atoms with E-state index in [-0.39, 0.29) is 11.2 Å². The Hall–Kier alpha value is -1.55. The first-order chi connectivity index (χ1) is 8.11. The standard InChI is InChI=1S/C13H12FNOS/c1-9-5-13(16)10(8-17)7-15(9)12-4-2-3-11(14)6-12/h2-7,17H,8H2,1H3. The van der Waals surface area contributed by atoms with Gasteiger partial charge in [-0.15, -0.1) is 0 Å². The summed E-state index contributed by atoms with van der Waals surface area (Å²) in [5.41, 5.74) is 2.03. The van der Waals surface area contributed by atoms with Gasteiger partial charge in [0.15, 0.2) is 5.43 Å². The van der Waals surface area contributed by atoms with Gasteiger partial charge in [0.1, 0.15) is 5.82 Å². The maximum atomic E-state index is 13.2. The Morgan fingerprint density at radius 3 is 2.76 bits per heavy atom. The highest BCUT2D eigenvalue weighted by Gasteiger charge is 2.05. The van der Waals surface area contributed by atoms with E-state index in [0.29, 0.717) is 17.0 Å². The molecule has 0 aliphatic heterocycles. The average Bonchev–Trinajstić information content (AvgIpc) is 2.29. The highest BCUT2D eigenvalue weighted by molar-refractivity contribution is 7.79. The van der Waals surface area contributed by atoms with Crippen LogP contribution >= 0.6 is 12.6 Å². The highest BCUT2D eigenvalue weighted by atomic mass is 32.1. The molecule has 0 fully saturated rings. The zero-order chi connectivity index (χ0) is 12.4.